The molecule has 1 aromatic heterocycles. The normalized spacial score (nSPS) is 13.9. The lowest BCUT2D eigenvalue weighted by molar-refractivity contribution is -0.141. The molecular weight excluding hydrogens is 1070 g/mol. The van der Waals surface area contributed by atoms with Crippen LogP contribution in [0.2, 0.25) is 0 Å². The van der Waals surface area contributed by atoms with Gasteiger partial charge in [0.1, 0.15) is 48.3 Å². The second-order valence-electron chi connectivity index (χ2n) is 18.6. The highest BCUT2D eigenvalue weighted by Gasteiger charge is 2.19. The van der Waals surface area contributed by atoms with Crippen molar-refractivity contribution in [3.63, 3.8) is 0 Å². The van der Waals surface area contributed by atoms with Gasteiger partial charge in [-0.25, -0.2) is 0 Å². The molecule has 0 amide bonds. The number of carbonyl (C=O) groups is 8. The van der Waals surface area contributed by atoms with E-state index in [4.69, 9.17) is 97.6 Å². The van der Waals surface area contributed by atoms with E-state index in [9.17, 15) is 38.4 Å². The molecule has 0 radical (unpaired) electrons. The van der Waals surface area contributed by atoms with E-state index in [1.807, 2.05) is 94.7 Å². The second kappa shape index (κ2) is 48.6. The van der Waals surface area contributed by atoms with Crippen molar-refractivity contribution in [2.24, 2.45) is 69.4 Å². The molecule has 3 aromatic rings. The van der Waals surface area contributed by atoms with Crippen LogP contribution in [0, 0.1) is 17.8 Å². The van der Waals surface area contributed by atoms with Crippen LogP contribution in [0.4, 0.5) is 0 Å². The van der Waals surface area contributed by atoms with E-state index in [-0.39, 0.29) is 11.8 Å². The number of thioether (sulfide) groups is 1. The van der Waals surface area contributed by atoms with Crippen LogP contribution in [-0.4, -0.2) is 172 Å². The molecule has 0 fully saturated rings. The molecule has 0 saturated carbocycles. The highest BCUT2D eigenvalue weighted by Crippen LogP contribution is 2.18. The molecule has 0 aliphatic heterocycles. The van der Waals surface area contributed by atoms with Crippen LogP contribution in [0.5, 0.6) is 0 Å². The summed E-state index contributed by atoms with van der Waals surface area (Å²) in [5.74, 6) is -6.45. The van der Waals surface area contributed by atoms with Crippen LogP contribution in [-0.2, 0) is 51.2 Å². The molecule has 28 N–H and O–H groups in total. The van der Waals surface area contributed by atoms with E-state index >= 15 is 0 Å². The Morgan fingerprint density at radius 3 is 1.27 bits per heavy atom. The highest BCUT2D eigenvalue weighted by molar-refractivity contribution is 7.98. The number of unbranched alkanes of at least 4 members (excludes halogenated alkanes) is 1. The summed E-state index contributed by atoms with van der Waals surface area (Å²) < 4.78 is 0. The number of nitrogens with two attached hydrogens (primary N) is 9. The summed E-state index contributed by atoms with van der Waals surface area (Å²) in [4.78, 5) is 84.5. The fourth-order valence-corrected chi connectivity index (χ4v) is 5.67. The van der Waals surface area contributed by atoms with Crippen molar-refractivity contribution < 1.29 is 84.3 Å². The summed E-state index contributed by atoms with van der Waals surface area (Å²) in [5.41, 5.74) is 49.9. The maximum Gasteiger partial charge on any atom is 0.323 e. The Kier molecular flexibility index (Phi) is 50.1. The molecule has 0 aliphatic carbocycles. The van der Waals surface area contributed by atoms with E-state index in [2.05, 4.69) is 4.98 Å². The number of aromatic nitrogens is 1. The number of fused-ring (bicyclic) bond motifs is 1. The minimum atomic E-state index is -1.18. The van der Waals surface area contributed by atoms with Gasteiger partial charge in [-0.3, -0.25) is 38.4 Å². The molecule has 10 unspecified atom stereocenters. The third kappa shape index (κ3) is 45.5. The minimum Gasteiger partial charge on any atom is -0.480 e. The first kappa shape index (κ1) is 82.5. The van der Waals surface area contributed by atoms with Gasteiger partial charge >= 0.3 is 47.8 Å². The fraction of sp³-hybridized carbons (Fsp3) is 0.577. The molecule has 460 valence electrons. The van der Waals surface area contributed by atoms with Gasteiger partial charge in [0.05, 0.1) is 6.10 Å². The van der Waals surface area contributed by atoms with Crippen molar-refractivity contribution >= 4 is 70.4 Å². The van der Waals surface area contributed by atoms with E-state index in [1.54, 1.807) is 25.6 Å². The Morgan fingerprint density at radius 2 is 0.950 bits per heavy atom. The second-order valence-corrected chi connectivity index (χ2v) is 19.6. The number of H-pyrrole nitrogens is 1. The Balaban J connectivity index is -0.000000271. The van der Waals surface area contributed by atoms with Crippen LogP contribution in [0.1, 0.15) is 98.1 Å². The smallest absolute Gasteiger partial charge is 0.323 e. The zero-order valence-corrected chi connectivity index (χ0v) is 48.0. The molecule has 3 rings (SSSR count). The molecule has 1 heterocycles. The number of rotatable bonds is 25. The van der Waals surface area contributed by atoms with Crippen LogP contribution < -0.4 is 51.6 Å². The fourth-order valence-electron chi connectivity index (χ4n) is 5.18. The van der Waals surface area contributed by atoms with Gasteiger partial charge in [-0.15, -0.1) is 0 Å². The average Bonchev–Trinajstić information content (AvgIpc) is 3.80. The number of nitrogens with one attached hydrogen (secondary N) is 1. The zero-order chi connectivity index (χ0) is 63.4. The van der Waals surface area contributed by atoms with Gasteiger partial charge in [0.25, 0.3) is 0 Å². The Labute approximate surface area is 472 Å². The summed E-state index contributed by atoms with van der Waals surface area (Å²) >= 11 is 1.60. The number of carboxylic acids is 8. The Morgan fingerprint density at radius 1 is 0.525 bits per heavy atom. The van der Waals surface area contributed by atoms with E-state index in [0.29, 0.717) is 44.6 Å². The standard InChI is InChI=1S/C11H12N2O2.C9H11NO2.C6H14N2O2.2C6H13NO2.C5H11NO2S.C5H11NO2.C4H9NO3/c12-9(11(14)15)5-7-6-13-10-4-2-1-3-8(7)10;10-8(9(11)12)6-7-4-2-1-3-5-7;7-4-2-1-3-5(8)6(9)10;1-4(2)3-5(7)6(8)9;1-3-4(2)5(7)6(8)9;1-9-3-2-4(6)5(7)8;1-3(2)4(6)5(7)8;1-2(6)3(5)4(7)8/h1-4,6,9,13H,5,12H2,(H,14,15);1-5,8H,6,10H2,(H,11,12);5H,1-4,7-8H2,(H,9,10);2*4-5H,3,7H2,1-2H3,(H,8,9);4H,2-3,6H2,1H3,(H,7,8);3-4H,6H2,1-2H3,(H,7,8);2-3,6H,5H2,1H3,(H,7,8). The van der Waals surface area contributed by atoms with Crippen molar-refractivity contribution in [3.8, 4) is 0 Å². The molecule has 0 saturated heterocycles. The van der Waals surface area contributed by atoms with Gasteiger partial charge in [0.2, 0.25) is 0 Å². The van der Waals surface area contributed by atoms with Crippen LogP contribution in [0.3, 0.4) is 0 Å². The topological polar surface area (TPSA) is 569 Å². The lowest BCUT2D eigenvalue weighted by atomic mass is 10.0. The first-order valence-corrected chi connectivity index (χ1v) is 26.7. The first-order valence-electron chi connectivity index (χ1n) is 25.3. The monoisotopic (exact) mass is 1160 g/mol. The number of hydrogen-bond acceptors (Lipinski definition) is 19. The average molecular weight is 1160 g/mol. The molecular formula is C52H94N10O17S. The molecule has 80 heavy (non-hydrogen) atoms. The van der Waals surface area contributed by atoms with E-state index in [1.165, 1.54) is 6.92 Å². The van der Waals surface area contributed by atoms with Crippen molar-refractivity contribution in [1.82, 2.24) is 4.98 Å². The predicted octanol–water partition coefficient (Wildman–Crippen LogP) is 1.16. The van der Waals surface area contributed by atoms with Crippen LogP contribution in [0.25, 0.3) is 10.9 Å². The SMILES string of the molecule is CC(C)C(N)C(=O)O.CC(C)CC(N)C(=O)O.CC(O)C(N)C(=O)O.CCC(C)C(N)C(=O)O.CSCCC(N)C(=O)O.NC(Cc1c[nH]c2ccccc12)C(=O)O.NC(Cc1ccccc1)C(=O)O.NCCCCC(N)C(=O)O. The van der Waals surface area contributed by atoms with Gasteiger partial charge in [-0.05, 0) is 92.5 Å². The predicted molar refractivity (Wildman–Crippen MR) is 308 cm³/mol. The largest absolute Gasteiger partial charge is 0.480 e. The number of aliphatic carboxylic acids is 8. The van der Waals surface area contributed by atoms with Gasteiger partial charge in [-0.2, -0.15) is 11.8 Å². The molecule has 27 nitrogen and oxygen atoms in total. The van der Waals surface area contributed by atoms with Crippen molar-refractivity contribution in [2.45, 2.75) is 154 Å². The molecule has 0 spiro atoms. The van der Waals surface area contributed by atoms with E-state index < -0.39 is 102 Å². The third-order valence-electron chi connectivity index (χ3n) is 10.7. The summed E-state index contributed by atoms with van der Waals surface area (Å²) in [7, 11) is 0. The van der Waals surface area contributed by atoms with Crippen molar-refractivity contribution in [3.05, 3.63) is 71.9 Å². The van der Waals surface area contributed by atoms with Gasteiger partial charge in [0.15, 0.2) is 0 Å². The Bertz CT molecular complexity index is 2150. The molecule has 10 atom stereocenters. The maximum absolute atomic E-state index is 10.6. The number of carboxylic acid groups (broad SMARTS) is 8. The van der Waals surface area contributed by atoms with Crippen molar-refractivity contribution in [1.29, 1.82) is 0 Å². The lowest BCUT2D eigenvalue weighted by Crippen LogP contribution is -2.39. The number of hydrogen-bond donors (Lipinski definition) is 19. The number of benzene rings is 2. The molecule has 28 heteroatoms. The summed E-state index contributed by atoms with van der Waals surface area (Å²) in [5, 5.41) is 76.3. The number of aliphatic hydroxyl groups is 1. The number of para-hydroxylation sites is 1. The Hall–Kier alpha value is -6.31. The lowest BCUT2D eigenvalue weighted by Gasteiger charge is -2.11. The number of aliphatic hydroxyl groups excluding tert-OH is 1. The van der Waals surface area contributed by atoms with Gasteiger partial charge in [0, 0.05) is 23.5 Å². The van der Waals surface area contributed by atoms with Crippen molar-refractivity contribution in [2.75, 3.05) is 18.6 Å². The number of aromatic amines is 1. The summed E-state index contributed by atoms with van der Waals surface area (Å²) in [6, 6.07) is 10.8. The minimum absolute atomic E-state index is 0.0208. The van der Waals surface area contributed by atoms with Gasteiger partial charge in [-0.1, -0.05) is 103 Å². The molecule has 0 bridgehead atoms. The van der Waals surface area contributed by atoms with Crippen LogP contribution in [0.15, 0.2) is 60.8 Å². The molecule has 0 aliphatic rings. The first-order chi connectivity index (χ1) is 37.0. The zero-order valence-electron chi connectivity index (χ0n) is 47.2. The quantitative estimate of drug-likeness (QED) is 0.0529. The maximum atomic E-state index is 10.6. The summed E-state index contributed by atoms with van der Waals surface area (Å²) in [6.07, 6.45) is 7.57. The van der Waals surface area contributed by atoms with Gasteiger partial charge < -0.3 is 103 Å². The van der Waals surface area contributed by atoms with Crippen LogP contribution >= 0.6 is 11.8 Å². The third-order valence-corrected chi connectivity index (χ3v) is 11.3. The highest BCUT2D eigenvalue weighted by atomic mass is 32.2. The summed E-state index contributed by atoms with van der Waals surface area (Å²) in [6.45, 7) is 13.1. The van der Waals surface area contributed by atoms with E-state index in [0.717, 1.165) is 47.0 Å². The molecule has 2 aromatic carbocycles.